The molecule has 1 atom stereocenters. The van der Waals surface area contributed by atoms with Crippen LogP contribution in [-0.4, -0.2) is 21.3 Å². The Labute approximate surface area is 114 Å². The Kier molecular flexibility index (Phi) is 4.32. The molecular weight excluding hydrogens is 236 g/mol. The summed E-state index contributed by atoms with van der Waals surface area (Å²) >= 11 is 0. The minimum Gasteiger partial charge on any atom is -0.305 e. The highest BCUT2D eigenvalue weighted by atomic mass is 15.3. The lowest BCUT2D eigenvalue weighted by atomic mass is 10.0. The number of hydrogen-bond donors (Lipinski definition) is 1. The normalized spacial score (nSPS) is 12.6. The van der Waals surface area contributed by atoms with Gasteiger partial charge in [0.25, 0.3) is 0 Å². The van der Waals surface area contributed by atoms with Gasteiger partial charge < -0.3 is 5.32 Å². The predicted molar refractivity (Wildman–Crippen MR) is 77.1 cm³/mol. The molecule has 0 radical (unpaired) electrons. The Balaban J connectivity index is 2.35. The molecule has 0 saturated carbocycles. The largest absolute Gasteiger partial charge is 0.305 e. The van der Waals surface area contributed by atoms with Crippen LogP contribution < -0.4 is 5.32 Å². The van der Waals surface area contributed by atoms with Gasteiger partial charge in [-0.05, 0) is 44.5 Å². The number of nitrogens with zero attached hydrogens (tertiary/aromatic N) is 3. The molecule has 2 aromatic rings. The van der Waals surface area contributed by atoms with Crippen molar-refractivity contribution in [2.45, 2.75) is 33.2 Å². The van der Waals surface area contributed by atoms with Gasteiger partial charge in [-0.1, -0.05) is 13.0 Å². The Hall–Kier alpha value is -1.68. The molecule has 0 spiro atoms. The maximum absolute atomic E-state index is 4.44. The van der Waals surface area contributed by atoms with Gasteiger partial charge in [0.1, 0.15) is 0 Å². The van der Waals surface area contributed by atoms with E-state index in [1.807, 2.05) is 31.8 Å². The van der Waals surface area contributed by atoms with Crippen molar-refractivity contribution in [2.75, 3.05) is 6.54 Å². The molecular formula is C15H22N4. The fourth-order valence-corrected chi connectivity index (χ4v) is 2.23. The molecule has 0 amide bonds. The van der Waals surface area contributed by atoms with E-state index in [1.54, 1.807) is 0 Å². The van der Waals surface area contributed by atoms with Gasteiger partial charge in [-0.15, -0.1) is 0 Å². The lowest BCUT2D eigenvalue weighted by molar-refractivity contribution is 0.552. The van der Waals surface area contributed by atoms with Crippen LogP contribution in [0.25, 0.3) is 0 Å². The Morgan fingerprint density at radius 2 is 2.05 bits per heavy atom. The monoisotopic (exact) mass is 258 g/mol. The van der Waals surface area contributed by atoms with Crippen LogP contribution in [0.15, 0.2) is 24.4 Å². The lowest BCUT2D eigenvalue weighted by Crippen LogP contribution is -2.25. The fraction of sp³-hybridized carbons (Fsp3) is 0.467. The number of pyridine rings is 1. The van der Waals surface area contributed by atoms with Crippen LogP contribution in [-0.2, 0) is 7.05 Å². The third-order valence-corrected chi connectivity index (χ3v) is 3.20. The second kappa shape index (κ2) is 5.97. The number of aromatic nitrogens is 3. The van der Waals surface area contributed by atoms with Crippen molar-refractivity contribution in [1.29, 1.82) is 0 Å². The van der Waals surface area contributed by atoms with E-state index in [-0.39, 0.29) is 6.04 Å². The summed E-state index contributed by atoms with van der Waals surface area (Å²) in [6.07, 6.45) is 3.05. The molecule has 19 heavy (non-hydrogen) atoms. The number of nitrogens with one attached hydrogen (secondary N) is 1. The molecule has 0 aliphatic carbocycles. The van der Waals surface area contributed by atoms with Crippen LogP contribution in [0.1, 0.15) is 42.0 Å². The van der Waals surface area contributed by atoms with Gasteiger partial charge in [0.2, 0.25) is 0 Å². The van der Waals surface area contributed by atoms with E-state index in [0.29, 0.717) is 0 Å². The first-order chi connectivity index (χ1) is 9.11. The number of hydrogen-bond acceptors (Lipinski definition) is 3. The fourth-order valence-electron chi connectivity index (χ4n) is 2.23. The van der Waals surface area contributed by atoms with Crippen molar-refractivity contribution in [2.24, 2.45) is 7.05 Å². The maximum atomic E-state index is 4.44. The zero-order chi connectivity index (χ0) is 13.8. The molecule has 1 unspecified atom stereocenters. The molecule has 2 aromatic heterocycles. The summed E-state index contributed by atoms with van der Waals surface area (Å²) in [7, 11) is 1.99. The minimum atomic E-state index is 0.152. The molecule has 4 heteroatoms. The van der Waals surface area contributed by atoms with E-state index in [4.69, 9.17) is 0 Å². The lowest BCUT2D eigenvalue weighted by Gasteiger charge is -2.19. The smallest absolute Gasteiger partial charge is 0.0763 e. The van der Waals surface area contributed by atoms with Gasteiger partial charge in [0.15, 0.2) is 0 Å². The zero-order valence-corrected chi connectivity index (χ0v) is 12.1. The highest BCUT2D eigenvalue weighted by Gasteiger charge is 2.17. The van der Waals surface area contributed by atoms with E-state index in [0.717, 1.165) is 24.4 Å². The highest BCUT2D eigenvalue weighted by molar-refractivity contribution is 5.27. The Bertz CT molecular complexity index is 528. The molecule has 0 fully saturated rings. The summed E-state index contributed by atoms with van der Waals surface area (Å²) in [5.74, 6) is 0. The quantitative estimate of drug-likeness (QED) is 0.896. The van der Waals surface area contributed by atoms with Crippen molar-refractivity contribution in [3.63, 3.8) is 0 Å². The van der Waals surface area contributed by atoms with E-state index in [2.05, 4.69) is 40.5 Å². The van der Waals surface area contributed by atoms with Crippen molar-refractivity contribution >= 4 is 0 Å². The maximum Gasteiger partial charge on any atom is 0.0763 e. The van der Waals surface area contributed by atoms with Gasteiger partial charge in [-0.2, -0.15) is 5.10 Å². The topological polar surface area (TPSA) is 42.7 Å². The van der Waals surface area contributed by atoms with Crippen molar-refractivity contribution < 1.29 is 0 Å². The van der Waals surface area contributed by atoms with Crippen LogP contribution in [0.3, 0.4) is 0 Å². The molecule has 4 nitrogen and oxygen atoms in total. The molecule has 0 aliphatic rings. The predicted octanol–water partition coefficient (Wildman–Crippen LogP) is 2.52. The van der Waals surface area contributed by atoms with Crippen LogP contribution in [0, 0.1) is 13.8 Å². The molecule has 1 N–H and O–H groups in total. The average Bonchev–Trinajstić information content (AvgIpc) is 2.71. The van der Waals surface area contributed by atoms with Crippen LogP contribution >= 0.6 is 0 Å². The van der Waals surface area contributed by atoms with Crippen LogP contribution in [0.2, 0.25) is 0 Å². The SMILES string of the molecule is CCCNC(c1ccc(C)nc1)c1cc(C)nn1C. The summed E-state index contributed by atoms with van der Waals surface area (Å²) in [6, 6.07) is 6.48. The summed E-state index contributed by atoms with van der Waals surface area (Å²) in [4.78, 5) is 4.40. The van der Waals surface area contributed by atoms with Crippen LogP contribution in [0.4, 0.5) is 0 Å². The summed E-state index contributed by atoms with van der Waals surface area (Å²) in [6.45, 7) is 7.18. The summed E-state index contributed by atoms with van der Waals surface area (Å²) in [5, 5.41) is 8.01. The minimum absolute atomic E-state index is 0.152. The van der Waals surface area contributed by atoms with Gasteiger partial charge in [-0.3, -0.25) is 9.67 Å². The van der Waals surface area contributed by atoms with Crippen molar-refractivity contribution in [1.82, 2.24) is 20.1 Å². The molecule has 102 valence electrons. The van der Waals surface area contributed by atoms with Crippen molar-refractivity contribution in [3.8, 4) is 0 Å². The zero-order valence-electron chi connectivity index (χ0n) is 12.1. The Morgan fingerprint density at radius 1 is 1.26 bits per heavy atom. The average molecular weight is 258 g/mol. The van der Waals surface area contributed by atoms with Crippen LogP contribution in [0.5, 0.6) is 0 Å². The van der Waals surface area contributed by atoms with Gasteiger partial charge >= 0.3 is 0 Å². The van der Waals surface area contributed by atoms with E-state index >= 15 is 0 Å². The first-order valence-electron chi connectivity index (χ1n) is 6.78. The van der Waals surface area contributed by atoms with Gasteiger partial charge in [0, 0.05) is 18.9 Å². The second-order valence-corrected chi connectivity index (χ2v) is 4.95. The van der Waals surface area contributed by atoms with E-state index in [1.165, 1.54) is 11.3 Å². The van der Waals surface area contributed by atoms with E-state index < -0.39 is 0 Å². The third kappa shape index (κ3) is 3.20. The highest BCUT2D eigenvalue weighted by Crippen LogP contribution is 2.22. The second-order valence-electron chi connectivity index (χ2n) is 4.95. The molecule has 2 heterocycles. The standard InChI is InChI=1S/C15H22N4/c1-5-8-16-15(13-7-6-11(2)17-10-13)14-9-12(3)18-19(14)4/h6-7,9-10,15-16H,5,8H2,1-4H3. The first-order valence-corrected chi connectivity index (χ1v) is 6.78. The van der Waals surface area contributed by atoms with Crippen molar-refractivity contribution in [3.05, 3.63) is 47.0 Å². The molecule has 0 aromatic carbocycles. The summed E-state index contributed by atoms with van der Waals surface area (Å²) in [5.41, 5.74) is 4.44. The summed E-state index contributed by atoms with van der Waals surface area (Å²) < 4.78 is 1.95. The molecule has 0 bridgehead atoms. The first kappa shape index (κ1) is 13.7. The molecule has 0 aliphatic heterocycles. The Morgan fingerprint density at radius 3 is 2.58 bits per heavy atom. The third-order valence-electron chi connectivity index (χ3n) is 3.20. The van der Waals surface area contributed by atoms with Gasteiger partial charge in [0.05, 0.1) is 17.4 Å². The number of aryl methyl sites for hydroxylation is 3. The molecule has 2 rings (SSSR count). The van der Waals surface area contributed by atoms with Gasteiger partial charge in [-0.25, -0.2) is 0 Å². The molecule has 0 saturated heterocycles. The number of rotatable bonds is 5. The van der Waals surface area contributed by atoms with E-state index in [9.17, 15) is 0 Å².